The molecule has 0 bridgehead atoms. The van der Waals surface area contributed by atoms with E-state index in [1.54, 1.807) is 13.4 Å². The number of methoxy groups -OCH3 is 1. The van der Waals surface area contributed by atoms with Gasteiger partial charge in [-0.15, -0.1) is 0 Å². The summed E-state index contributed by atoms with van der Waals surface area (Å²) in [7, 11) is 1.65. The number of nitrogens with one attached hydrogen (secondary N) is 1. The number of benzene rings is 3. The van der Waals surface area contributed by atoms with E-state index in [1.807, 2.05) is 72.8 Å². The van der Waals surface area contributed by atoms with Crippen LogP contribution in [0.3, 0.4) is 0 Å². The average molecular weight is 371 g/mol. The summed E-state index contributed by atoms with van der Waals surface area (Å²) in [6.45, 7) is 1.12. The first kappa shape index (κ1) is 17.8. The van der Waals surface area contributed by atoms with E-state index in [1.165, 1.54) is 0 Å². The van der Waals surface area contributed by atoms with Gasteiger partial charge < -0.3 is 14.8 Å². The minimum atomic E-state index is 0.502. The van der Waals surface area contributed by atoms with Gasteiger partial charge in [0.15, 0.2) is 11.5 Å². The number of rotatable bonds is 7. The minimum absolute atomic E-state index is 0.502. The second-order valence-corrected chi connectivity index (χ2v) is 6.35. The van der Waals surface area contributed by atoms with E-state index in [0.29, 0.717) is 18.9 Å². The molecule has 0 unspecified atom stereocenters. The average Bonchev–Trinajstić information content (AvgIpc) is 2.77. The van der Waals surface area contributed by atoms with E-state index in [9.17, 15) is 0 Å². The van der Waals surface area contributed by atoms with Crippen molar-refractivity contribution in [2.75, 3.05) is 12.4 Å². The fourth-order valence-electron chi connectivity index (χ4n) is 3.01. The molecule has 0 atom stereocenters. The molecular formula is C23H21N3O2. The molecule has 1 aromatic heterocycles. The van der Waals surface area contributed by atoms with Gasteiger partial charge in [-0.05, 0) is 35.4 Å². The van der Waals surface area contributed by atoms with Crippen molar-refractivity contribution >= 4 is 16.7 Å². The lowest BCUT2D eigenvalue weighted by atomic mass is 10.2. The molecule has 140 valence electrons. The number of ether oxygens (including phenoxy) is 2. The van der Waals surface area contributed by atoms with Gasteiger partial charge in [0.2, 0.25) is 0 Å². The van der Waals surface area contributed by atoms with Crippen molar-refractivity contribution in [3.63, 3.8) is 0 Å². The van der Waals surface area contributed by atoms with Crippen LogP contribution in [-0.4, -0.2) is 17.1 Å². The van der Waals surface area contributed by atoms with E-state index in [-0.39, 0.29) is 0 Å². The maximum atomic E-state index is 5.92. The fourth-order valence-corrected chi connectivity index (χ4v) is 3.01. The molecule has 5 nitrogen and oxygen atoms in total. The molecule has 0 fully saturated rings. The Hall–Kier alpha value is -3.60. The molecule has 4 rings (SSSR count). The zero-order chi connectivity index (χ0) is 19.2. The molecule has 3 aromatic carbocycles. The lowest BCUT2D eigenvalue weighted by Crippen LogP contribution is -2.04. The van der Waals surface area contributed by atoms with Gasteiger partial charge in [0.1, 0.15) is 18.8 Å². The van der Waals surface area contributed by atoms with Gasteiger partial charge in [-0.3, -0.25) is 0 Å². The number of aromatic nitrogens is 2. The van der Waals surface area contributed by atoms with Gasteiger partial charge in [-0.1, -0.05) is 48.5 Å². The zero-order valence-corrected chi connectivity index (χ0v) is 15.6. The highest BCUT2D eigenvalue weighted by molar-refractivity contribution is 5.88. The minimum Gasteiger partial charge on any atom is -0.493 e. The van der Waals surface area contributed by atoms with E-state index in [4.69, 9.17) is 9.47 Å². The molecule has 0 saturated carbocycles. The fraction of sp³-hybridized carbons (Fsp3) is 0.130. The van der Waals surface area contributed by atoms with Gasteiger partial charge in [-0.2, -0.15) is 0 Å². The lowest BCUT2D eigenvalue weighted by Gasteiger charge is -2.13. The van der Waals surface area contributed by atoms with Gasteiger partial charge in [-0.25, -0.2) is 9.97 Å². The van der Waals surface area contributed by atoms with E-state index in [2.05, 4.69) is 15.3 Å². The summed E-state index contributed by atoms with van der Waals surface area (Å²) in [5, 5.41) is 4.38. The summed E-state index contributed by atoms with van der Waals surface area (Å²) < 4.78 is 11.4. The number of hydrogen-bond donors (Lipinski definition) is 1. The predicted molar refractivity (Wildman–Crippen MR) is 111 cm³/mol. The van der Waals surface area contributed by atoms with Crippen LogP contribution in [-0.2, 0) is 13.2 Å². The van der Waals surface area contributed by atoms with Crippen molar-refractivity contribution in [2.45, 2.75) is 13.2 Å². The van der Waals surface area contributed by atoms with Gasteiger partial charge in [0, 0.05) is 11.9 Å². The molecule has 0 radical (unpaired) electrons. The molecule has 0 spiro atoms. The first-order valence-electron chi connectivity index (χ1n) is 9.11. The first-order chi connectivity index (χ1) is 13.8. The number of anilines is 1. The van der Waals surface area contributed by atoms with Crippen LogP contribution < -0.4 is 14.8 Å². The molecule has 1 heterocycles. The van der Waals surface area contributed by atoms with Crippen LogP contribution >= 0.6 is 0 Å². The summed E-state index contributed by atoms with van der Waals surface area (Å²) in [6, 6.07) is 24.0. The van der Waals surface area contributed by atoms with Crippen LogP contribution in [0.4, 0.5) is 5.82 Å². The topological polar surface area (TPSA) is 56.3 Å². The molecular weight excluding hydrogens is 350 g/mol. The molecule has 0 amide bonds. The molecule has 28 heavy (non-hydrogen) atoms. The number of nitrogens with zero attached hydrogens (tertiary/aromatic N) is 2. The number of fused-ring (bicyclic) bond motifs is 1. The molecule has 0 saturated heterocycles. The Bertz CT molecular complexity index is 1060. The zero-order valence-electron chi connectivity index (χ0n) is 15.6. The molecule has 0 aliphatic heterocycles. The Morgan fingerprint density at radius 2 is 1.64 bits per heavy atom. The van der Waals surface area contributed by atoms with Crippen molar-refractivity contribution in [3.05, 3.63) is 90.3 Å². The van der Waals surface area contributed by atoms with Crippen LogP contribution in [0, 0.1) is 0 Å². The summed E-state index contributed by atoms with van der Waals surface area (Å²) in [4.78, 5) is 8.66. The Morgan fingerprint density at radius 3 is 2.50 bits per heavy atom. The van der Waals surface area contributed by atoms with E-state index in [0.717, 1.165) is 33.6 Å². The van der Waals surface area contributed by atoms with Crippen molar-refractivity contribution in [1.82, 2.24) is 9.97 Å². The summed E-state index contributed by atoms with van der Waals surface area (Å²) in [6.07, 6.45) is 1.58. The Labute approximate surface area is 164 Å². The van der Waals surface area contributed by atoms with E-state index >= 15 is 0 Å². The molecule has 5 heteroatoms. The highest BCUT2D eigenvalue weighted by Gasteiger charge is 2.08. The Balaban J connectivity index is 1.46. The van der Waals surface area contributed by atoms with Crippen LogP contribution in [0.25, 0.3) is 10.9 Å². The summed E-state index contributed by atoms with van der Waals surface area (Å²) >= 11 is 0. The quantitative estimate of drug-likeness (QED) is 0.504. The van der Waals surface area contributed by atoms with Crippen molar-refractivity contribution in [2.24, 2.45) is 0 Å². The van der Waals surface area contributed by atoms with Crippen LogP contribution in [0.2, 0.25) is 0 Å². The molecule has 1 N–H and O–H groups in total. The maximum Gasteiger partial charge on any atom is 0.161 e. The largest absolute Gasteiger partial charge is 0.493 e. The monoisotopic (exact) mass is 371 g/mol. The van der Waals surface area contributed by atoms with Crippen LogP contribution in [0.15, 0.2) is 79.1 Å². The van der Waals surface area contributed by atoms with Gasteiger partial charge >= 0.3 is 0 Å². The summed E-state index contributed by atoms with van der Waals surface area (Å²) in [5.74, 6) is 2.25. The van der Waals surface area contributed by atoms with E-state index < -0.39 is 0 Å². The standard InChI is InChI=1S/C23H21N3O2/c1-27-22-13-18(11-12-21(22)28-15-17-7-3-2-4-8-17)14-24-23-19-9-5-6-10-20(19)25-16-26-23/h2-13,16H,14-15H2,1H3,(H,24,25,26). The van der Waals surface area contributed by atoms with Crippen molar-refractivity contribution in [3.8, 4) is 11.5 Å². The van der Waals surface area contributed by atoms with Crippen molar-refractivity contribution < 1.29 is 9.47 Å². The Morgan fingerprint density at radius 1 is 0.821 bits per heavy atom. The number of hydrogen-bond acceptors (Lipinski definition) is 5. The second kappa shape index (κ2) is 8.39. The van der Waals surface area contributed by atoms with Gasteiger partial charge in [0.25, 0.3) is 0 Å². The lowest BCUT2D eigenvalue weighted by molar-refractivity contribution is 0.284. The SMILES string of the molecule is COc1cc(CNc2ncnc3ccccc23)ccc1OCc1ccccc1. The second-order valence-electron chi connectivity index (χ2n) is 6.35. The highest BCUT2D eigenvalue weighted by Crippen LogP contribution is 2.29. The third kappa shape index (κ3) is 4.04. The van der Waals surface area contributed by atoms with Crippen LogP contribution in [0.5, 0.6) is 11.5 Å². The van der Waals surface area contributed by atoms with Crippen LogP contribution in [0.1, 0.15) is 11.1 Å². The Kier molecular flexibility index (Phi) is 5.33. The number of para-hydroxylation sites is 1. The molecule has 4 aromatic rings. The van der Waals surface area contributed by atoms with Gasteiger partial charge in [0.05, 0.1) is 12.6 Å². The highest BCUT2D eigenvalue weighted by atomic mass is 16.5. The third-order valence-corrected chi connectivity index (χ3v) is 4.47. The normalized spacial score (nSPS) is 10.6. The smallest absolute Gasteiger partial charge is 0.161 e. The maximum absolute atomic E-state index is 5.92. The first-order valence-corrected chi connectivity index (χ1v) is 9.11. The third-order valence-electron chi connectivity index (χ3n) is 4.47. The molecule has 0 aliphatic rings. The van der Waals surface area contributed by atoms with Crippen molar-refractivity contribution in [1.29, 1.82) is 0 Å². The summed E-state index contributed by atoms with van der Waals surface area (Å²) in [5.41, 5.74) is 3.11. The predicted octanol–water partition coefficient (Wildman–Crippen LogP) is 4.83. The molecule has 0 aliphatic carbocycles.